The molecule has 1 fully saturated rings. The summed E-state index contributed by atoms with van der Waals surface area (Å²) in [6, 6.07) is 3.55. The van der Waals surface area contributed by atoms with E-state index >= 15 is 0 Å². The molecule has 1 aromatic rings. The molecule has 7 heteroatoms. The lowest BCUT2D eigenvalue weighted by atomic mass is 10.1. The van der Waals surface area contributed by atoms with Gasteiger partial charge in [0.05, 0.1) is 6.10 Å². The Hall–Kier alpha value is -0.470. The fourth-order valence-electron chi connectivity index (χ4n) is 2.37. The van der Waals surface area contributed by atoms with E-state index in [1.807, 2.05) is 13.0 Å². The van der Waals surface area contributed by atoms with Crippen molar-refractivity contribution < 1.29 is 13.2 Å². The summed E-state index contributed by atoms with van der Waals surface area (Å²) in [5, 5.41) is 3.28. The molecule has 2 atom stereocenters. The number of ether oxygens (including phenoxy) is 1. The normalized spacial score (nSPS) is 23.3. The molecule has 1 saturated heterocycles. The van der Waals surface area contributed by atoms with E-state index in [0.29, 0.717) is 10.8 Å². The highest BCUT2D eigenvalue weighted by molar-refractivity contribution is 7.91. The van der Waals surface area contributed by atoms with Gasteiger partial charge in [0.2, 0.25) is 10.0 Å². The van der Waals surface area contributed by atoms with Crippen LogP contribution in [0.3, 0.4) is 0 Å². The van der Waals surface area contributed by atoms with E-state index in [2.05, 4.69) is 17.0 Å². The molecule has 0 amide bonds. The van der Waals surface area contributed by atoms with E-state index in [1.54, 1.807) is 6.07 Å². The maximum Gasteiger partial charge on any atom is 0.250 e. The van der Waals surface area contributed by atoms with E-state index in [4.69, 9.17) is 4.74 Å². The SMILES string of the molecule is CCCNCc1ccc(S(=O)(=O)NC2CCOC(C)C2)s1. The van der Waals surface area contributed by atoms with Crippen molar-refractivity contribution in [1.82, 2.24) is 10.0 Å². The van der Waals surface area contributed by atoms with E-state index in [1.165, 1.54) is 11.3 Å². The maximum atomic E-state index is 12.4. The van der Waals surface area contributed by atoms with Crippen molar-refractivity contribution >= 4 is 21.4 Å². The van der Waals surface area contributed by atoms with Gasteiger partial charge >= 0.3 is 0 Å². The Morgan fingerprint density at radius 1 is 1.43 bits per heavy atom. The quantitative estimate of drug-likeness (QED) is 0.750. The summed E-state index contributed by atoms with van der Waals surface area (Å²) >= 11 is 1.34. The second-order valence-corrected chi connectivity index (χ2v) is 8.53. The molecule has 1 aliphatic rings. The third-order valence-corrected chi connectivity index (χ3v) is 6.53. The van der Waals surface area contributed by atoms with Crippen molar-refractivity contribution in [2.75, 3.05) is 13.2 Å². The molecule has 21 heavy (non-hydrogen) atoms. The molecule has 0 spiro atoms. The summed E-state index contributed by atoms with van der Waals surface area (Å²) in [7, 11) is -3.41. The number of rotatable bonds is 7. The average molecular weight is 332 g/mol. The first kappa shape index (κ1) is 16.9. The molecule has 0 saturated carbocycles. The minimum absolute atomic E-state index is 0.0254. The Balaban J connectivity index is 1.95. The first-order chi connectivity index (χ1) is 10.0. The number of nitrogens with one attached hydrogen (secondary N) is 2. The fraction of sp³-hybridized carbons (Fsp3) is 0.714. The van der Waals surface area contributed by atoms with Crippen molar-refractivity contribution in [1.29, 1.82) is 0 Å². The highest BCUT2D eigenvalue weighted by Gasteiger charge is 2.26. The van der Waals surface area contributed by atoms with Gasteiger partial charge in [-0.3, -0.25) is 0 Å². The van der Waals surface area contributed by atoms with Crippen LogP contribution < -0.4 is 10.0 Å². The lowest BCUT2D eigenvalue weighted by Gasteiger charge is -2.27. The predicted octanol–water partition coefficient (Wildman–Crippen LogP) is 2.09. The summed E-state index contributed by atoms with van der Waals surface area (Å²) in [6.07, 6.45) is 2.65. The number of hydrogen-bond donors (Lipinski definition) is 2. The third-order valence-electron chi connectivity index (χ3n) is 3.43. The molecule has 0 aliphatic carbocycles. The van der Waals surface area contributed by atoms with Crippen LogP contribution in [0.4, 0.5) is 0 Å². The van der Waals surface area contributed by atoms with Gasteiger partial charge in [0.1, 0.15) is 4.21 Å². The summed E-state index contributed by atoms with van der Waals surface area (Å²) < 4.78 is 33.4. The van der Waals surface area contributed by atoms with Gasteiger partial charge in [0, 0.05) is 24.1 Å². The van der Waals surface area contributed by atoms with Crippen molar-refractivity contribution in [3.05, 3.63) is 17.0 Å². The maximum absolute atomic E-state index is 12.4. The predicted molar refractivity (Wildman–Crippen MR) is 85.1 cm³/mol. The molecule has 1 aliphatic heterocycles. The van der Waals surface area contributed by atoms with Gasteiger partial charge in [-0.1, -0.05) is 6.92 Å². The van der Waals surface area contributed by atoms with E-state index < -0.39 is 10.0 Å². The van der Waals surface area contributed by atoms with Crippen molar-refractivity contribution in [2.45, 2.75) is 56.0 Å². The molecule has 0 radical (unpaired) electrons. The summed E-state index contributed by atoms with van der Waals surface area (Å²) in [6.45, 7) is 6.37. The number of sulfonamides is 1. The first-order valence-electron chi connectivity index (χ1n) is 7.44. The Morgan fingerprint density at radius 2 is 2.24 bits per heavy atom. The van der Waals surface area contributed by atoms with Crippen LogP contribution in [0.15, 0.2) is 16.3 Å². The number of thiophene rings is 1. The minimum Gasteiger partial charge on any atom is -0.378 e. The van der Waals surface area contributed by atoms with Gasteiger partial charge in [-0.25, -0.2) is 13.1 Å². The van der Waals surface area contributed by atoms with Crippen LogP contribution >= 0.6 is 11.3 Å². The second-order valence-electron chi connectivity index (χ2n) is 5.42. The monoisotopic (exact) mass is 332 g/mol. The molecule has 0 aromatic carbocycles. The highest BCUT2D eigenvalue weighted by atomic mass is 32.2. The molecule has 2 N–H and O–H groups in total. The van der Waals surface area contributed by atoms with Crippen molar-refractivity contribution in [3.8, 4) is 0 Å². The van der Waals surface area contributed by atoms with Crippen molar-refractivity contribution in [2.24, 2.45) is 0 Å². The Bertz CT molecular complexity index is 542. The zero-order chi connectivity index (χ0) is 15.3. The van der Waals surface area contributed by atoms with Crippen LogP contribution in [0.2, 0.25) is 0 Å². The van der Waals surface area contributed by atoms with Gasteiger partial charge in [-0.2, -0.15) is 0 Å². The topological polar surface area (TPSA) is 67.4 Å². The van der Waals surface area contributed by atoms with Gasteiger partial charge in [-0.15, -0.1) is 11.3 Å². The lowest BCUT2D eigenvalue weighted by molar-refractivity contribution is 0.0173. The van der Waals surface area contributed by atoms with E-state index in [-0.39, 0.29) is 12.1 Å². The molecular formula is C14H24N2O3S2. The zero-order valence-corrected chi connectivity index (χ0v) is 14.2. The van der Waals surface area contributed by atoms with Crippen LogP contribution in [-0.2, 0) is 21.3 Å². The molecule has 0 bridgehead atoms. The van der Waals surface area contributed by atoms with Gasteiger partial charge in [0.25, 0.3) is 0 Å². The number of hydrogen-bond acceptors (Lipinski definition) is 5. The standard InChI is InChI=1S/C14H24N2O3S2/c1-3-7-15-10-13-4-5-14(20-13)21(17,18)16-12-6-8-19-11(2)9-12/h4-5,11-12,15-16H,3,6-10H2,1-2H3. The van der Waals surface area contributed by atoms with Gasteiger partial charge < -0.3 is 10.1 Å². The van der Waals surface area contributed by atoms with Crippen LogP contribution in [-0.4, -0.2) is 33.7 Å². The van der Waals surface area contributed by atoms with Crippen LogP contribution in [0.1, 0.15) is 38.0 Å². The minimum atomic E-state index is -3.41. The van der Waals surface area contributed by atoms with E-state index in [0.717, 1.165) is 37.2 Å². The molecule has 5 nitrogen and oxygen atoms in total. The molecule has 2 unspecified atom stereocenters. The van der Waals surface area contributed by atoms with Crippen molar-refractivity contribution in [3.63, 3.8) is 0 Å². The largest absolute Gasteiger partial charge is 0.378 e. The fourth-order valence-corrected chi connectivity index (χ4v) is 4.99. The molecule has 2 heterocycles. The first-order valence-corrected chi connectivity index (χ1v) is 9.74. The third kappa shape index (κ3) is 5.03. The highest BCUT2D eigenvalue weighted by Crippen LogP contribution is 2.23. The lowest BCUT2D eigenvalue weighted by Crippen LogP contribution is -2.40. The van der Waals surface area contributed by atoms with E-state index in [9.17, 15) is 8.42 Å². The smallest absolute Gasteiger partial charge is 0.250 e. The van der Waals surface area contributed by atoms with Crippen LogP contribution in [0.5, 0.6) is 0 Å². The average Bonchev–Trinajstić information content (AvgIpc) is 2.88. The van der Waals surface area contributed by atoms with Crippen LogP contribution in [0.25, 0.3) is 0 Å². The molecular weight excluding hydrogens is 308 g/mol. The van der Waals surface area contributed by atoms with Crippen LogP contribution in [0, 0.1) is 0 Å². The Kier molecular flexibility index (Phi) is 6.19. The van der Waals surface area contributed by atoms with Gasteiger partial charge in [0.15, 0.2) is 0 Å². The zero-order valence-electron chi connectivity index (χ0n) is 12.6. The second kappa shape index (κ2) is 7.69. The summed E-state index contributed by atoms with van der Waals surface area (Å²) in [5.41, 5.74) is 0. The molecule has 120 valence electrons. The Morgan fingerprint density at radius 3 is 2.95 bits per heavy atom. The molecule has 1 aromatic heterocycles. The molecule has 2 rings (SSSR count). The summed E-state index contributed by atoms with van der Waals surface area (Å²) in [4.78, 5) is 1.05. The van der Waals surface area contributed by atoms with Gasteiger partial charge in [-0.05, 0) is 44.9 Å². The Labute approximate surface area is 131 Å². The summed E-state index contributed by atoms with van der Waals surface area (Å²) in [5.74, 6) is 0.